The first-order chi connectivity index (χ1) is 13.0. The number of benzene rings is 2. The SMILES string of the molecule is CC[C@H](NC(=O)c1ccc(OCc2csc(C)n2)cc1)c1ccc(C)cc1. The van der Waals surface area contributed by atoms with Gasteiger partial charge in [-0.3, -0.25) is 4.79 Å². The van der Waals surface area contributed by atoms with E-state index in [-0.39, 0.29) is 11.9 Å². The third kappa shape index (κ3) is 5.17. The van der Waals surface area contributed by atoms with Crippen LogP contribution < -0.4 is 10.1 Å². The summed E-state index contributed by atoms with van der Waals surface area (Å²) >= 11 is 1.61. The molecule has 0 radical (unpaired) electrons. The summed E-state index contributed by atoms with van der Waals surface area (Å²) in [6.07, 6.45) is 0.836. The van der Waals surface area contributed by atoms with Crippen LogP contribution in [0.25, 0.3) is 0 Å². The van der Waals surface area contributed by atoms with Crippen LogP contribution in [0.4, 0.5) is 0 Å². The van der Waals surface area contributed by atoms with Crippen LogP contribution in [-0.2, 0) is 6.61 Å². The lowest BCUT2D eigenvalue weighted by Gasteiger charge is -2.18. The van der Waals surface area contributed by atoms with Crippen LogP contribution in [-0.4, -0.2) is 10.9 Å². The zero-order valence-corrected chi connectivity index (χ0v) is 16.7. The minimum Gasteiger partial charge on any atom is -0.487 e. The van der Waals surface area contributed by atoms with Crippen LogP contribution >= 0.6 is 11.3 Å². The number of aromatic nitrogens is 1. The summed E-state index contributed by atoms with van der Waals surface area (Å²) in [6.45, 7) is 6.54. The Morgan fingerprint density at radius 1 is 1.11 bits per heavy atom. The highest BCUT2D eigenvalue weighted by atomic mass is 32.1. The van der Waals surface area contributed by atoms with Gasteiger partial charge in [-0.25, -0.2) is 4.98 Å². The fourth-order valence-electron chi connectivity index (χ4n) is 2.80. The summed E-state index contributed by atoms with van der Waals surface area (Å²) in [5.41, 5.74) is 3.87. The minimum absolute atomic E-state index is 0.00179. The zero-order chi connectivity index (χ0) is 19.2. The molecule has 27 heavy (non-hydrogen) atoms. The van der Waals surface area contributed by atoms with Gasteiger partial charge < -0.3 is 10.1 Å². The second-order valence-corrected chi connectivity index (χ2v) is 7.58. The molecule has 0 unspecified atom stereocenters. The van der Waals surface area contributed by atoms with Gasteiger partial charge in [0.2, 0.25) is 0 Å². The summed E-state index contributed by atoms with van der Waals surface area (Å²) < 4.78 is 5.74. The van der Waals surface area contributed by atoms with Gasteiger partial charge in [0.25, 0.3) is 5.91 Å². The van der Waals surface area contributed by atoms with E-state index in [4.69, 9.17) is 4.74 Å². The van der Waals surface area contributed by atoms with Gasteiger partial charge in [0.1, 0.15) is 12.4 Å². The molecule has 1 N–H and O–H groups in total. The van der Waals surface area contributed by atoms with Gasteiger partial charge >= 0.3 is 0 Å². The van der Waals surface area contributed by atoms with Crippen molar-refractivity contribution in [3.8, 4) is 5.75 Å². The van der Waals surface area contributed by atoms with Gasteiger partial charge in [-0.15, -0.1) is 11.3 Å². The van der Waals surface area contributed by atoms with Crippen LogP contribution in [0.5, 0.6) is 5.75 Å². The lowest BCUT2D eigenvalue weighted by molar-refractivity contribution is 0.0935. The second kappa shape index (κ2) is 8.82. The topological polar surface area (TPSA) is 51.2 Å². The van der Waals surface area contributed by atoms with Crippen molar-refractivity contribution < 1.29 is 9.53 Å². The van der Waals surface area contributed by atoms with Gasteiger partial charge in [0.05, 0.1) is 16.7 Å². The van der Waals surface area contributed by atoms with Crippen LogP contribution in [0, 0.1) is 13.8 Å². The van der Waals surface area contributed by atoms with E-state index in [1.54, 1.807) is 23.5 Å². The molecule has 140 valence electrons. The van der Waals surface area contributed by atoms with E-state index in [0.717, 1.165) is 28.4 Å². The van der Waals surface area contributed by atoms with Crippen molar-refractivity contribution in [1.82, 2.24) is 10.3 Å². The lowest BCUT2D eigenvalue weighted by atomic mass is 10.0. The molecule has 0 fully saturated rings. The van der Waals surface area contributed by atoms with E-state index >= 15 is 0 Å². The van der Waals surface area contributed by atoms with Crippen molar-refractivity contribution >= 4 is 17.2 Å². The summed E-state index contributed by atoms with van der Waals surface area (Å²) in [5.74, 6) is 0.645. The number of ether oxygens (including phenoxy) is 1. The Labute approximate surface area is 164 Å². The molecule has 0 saturated heterocycles. The molecule has 3 rings (SSSR count). The average molecular weight is 381 g/mol. The molecule has 1 atom stereocenters. The van der Waals surface area contributed by atoms with E-state index in [9.17, 15) is 4.79 Å². The monoisotopic (exact) mass is 380 g/mol. The van der Waals surface area contributed by atoms with Crippen molar-refractivity contribution in [3.05, 3.63) is 81.3 Å². The molecule has 1 heterocycles. The Morgan fingerprint density at radius 3 is 2.41 bits per heavy atom. The van der Waals surface area contributed by atoms with Gasteiger partial charge in [-0.2, -0.15) is 0 Å². The first-order valence-corrected chi connectivity index (χ1v) is 9.94. The Hall–Kier alpha value is -2.66. The minimum atomic E-state index is -0.0795. The smallest absolute Gasteiger partial charge is 0.251 e. The number of amides is 1. The number of thiazole rings is 1. The van der Waals surface area contributed by atoms with Gasteiger partial charge in [-0.05, 0) is 50.1 Å². The highest BCUT2D eigenvalue weighted by Gasteiger charge is 2.14. The Balaban J connectivity index is 1.60. The van der Waals surface area contributed by atoms with Crippen molar-refractivity contribution in [2.75, 3.05) is 0 Å². The number of hydrogen-bond acceptors (Lipinski definition) is 4. The fourth-order valence-corrected chi connectivity index (χ4v) is 3.39. The average Bonchev–Trinajstić information content (AvgIpc) is 3.11. The van der Waals surface area contributed by atoms with Crippen molar-refractivity contribution in [2.45, 2.75) is 39.8 Å². The predicted molar refractivity (Wildman–Crippen MR) is 109 cm³/mol. The molecular weight excluding hydrogens is 356 g/mol. The maximum atomic E-state index is 12.6. The molecule has 1 amide bonds. The molecule has 1 aromatic heterocycles. The molecular formula is C22H24N2O2S. The van der Waals surface area contributed by atoms with E-state index in [1.165, 1.54) is 5.56 Å². The number of hydrogen-bond donors (Lipinski definition) is 1. The van der Waals surface area contributed by atoms with Crippen LogP contribution in [0.1, 0.15) is 51.6 Å². The van der Waals surface area contributed by atoms with Crippen LogP contribution in [0.2, 0.25) is 0 Å². The first kappa shape index (κ1) is 19.1. The number of aryl methyl sites for hydroxylation is 2. The first-order valence-electron chi connectivity index (χ1n) is 9.06. The van der Waals surface area contributed by atoms with Crippen molar-refractivity contribution in [1.29, 1.82) is 0 Å². The lowest BCUT2D eigenvalue weighted by Crippen LogP contribution is -2.28. The van der Waals surface area contributed by atoms with Crippen molar-refractivity contribution in [3.63, 3.8) is 0 Å². The van der Waals surface area contributed by atoms with Crippen molar-refractivity contribution in [2.24, 2.45) is 0 Å². The van der Waals surface area contributed by atoms with Gasteiger partial charge in [0.15, 0.2) is 0 Å². The highest BCUT2D eigenvalue weighted by molar-refractivity contribution is 7.09. The third-order valence-electron chi connectivity index (χ3n) is 4.36. The summed E-state index contributed by atoms with van der Waals surface area (Å²) in [5, 5.41) is 6.13. The largest absolute Gasteiger partial charge is 0.487 e. The quantitative estimate of drug-likeness (QED) is 0.611. The summed E-state index contributed by atoms with van der Waals surface area (Å²) in [6, 6.07) is 15.5. The maximum Gasteiger partial charge on any atom is 0.251 e. The molecule has 0 aliphatic rings. The zero-order valence-electron chi connectivity index (χ0n) is 15.9. The molecule has 5 heteroatoms. The van der Waals surface area contributed by atoms with Gasteiger partial charge in [0, 0.05) is 10.9 Å². The number of carbonyl (C=O) groups excluding carboxylic acids is 1. The van der Waals surface area contributed by atoms with E-state index in [1.807, 2.05) is 24.4 Å². The molecule has 2 aromatic carbocycles. The maximum absolute atomic E-state index is 12.6. The standard InChI is InChI=1S/C22H24N2O2S/c1-4-21(17-7-5-15(2)6-8-17)24-22(25)18-9-11-20(12-10-18)26-13-19-14-27-16(3)23-19/h5-12,14,21H,4,13H2,1-3H3,(H,24,25)/t21-/m0/s1. The fraction of sp³-hybridized carbons (Fsp3) is 0.273. The number of nitrogens with zero attached hydrogens (tertiary/aromatic N) is 1. The molecule has 4 nitrogen and oxygen atoms in total. The Kier molecular flexibility index (Phi) is 6.24. The van der Waals surface area contributed by atoms with E-state index in [2.05, 4.69) is 48.4 Å². The molecule has 0 spiro atoms. The molecule has 0 saturated carbocycles. The molecule has 0 aliphatic heterocycles. The van der Waals surface area contributed by atoms with Crippen LogP contribution in [0.15, 0.2) is 53.9 Å². The third-order valence-corrected chi connectivity index (χ3v) is 5.19. The molecule has 0 aliphatic carbocycles. The highest BCUT2D eigenvalue weighted by Crippen LogP contribution is 2.19. The number of rotatable bonds is 7. The molecule has 3 aromatic rings. The second-order valence-electron chi connectivity index (χ2n) is 6.52. The van der Waals surface area contributed by atoms with E-state index < -0.39 is 0 Å². The summed E-state index contributed by atoms with van der Waals surface area (Å²) in [4.78, 5) is 17.0. The van der Waals surface area contributed by atoms with Crippen LogP contribution in [0.3, 0.4) is 0 Å². The number of carbonyl (C=O) groups is 1. The van der Waals surface area contributed by atoms with E-state index in [0.29, 0.717) is 12.2 Å². The van der Waals surface area contributed by atoms with Gasteiger partial charge in [-0.1, -0.05) is 36.8 Å². The Morgan fingerprint density at radius 2 is 1.81 bits per heavy atom. The Bertz CT molecular complexity index is 885. The normalized spacial score (nSPS) is 11.8. The molecule has 0 bridgehead atoms. The number of nitrogens with one attached hydrogen (secondary N) is 1. The predicted octanol–water partition coefficient (Wildman–Crippen LogP) is 5.22. The summed E-state index contributed by atoms with van der Waals surface area (Å²) in [7, 11) is 0.